The standard InChI is InChI=1S/C21H24BrN5O4/c1-2-13-10-16(22)8-6-14(13)7-9-19(29)31-27-18(28)12-25-20(30)15-4-3-5-17(11-15)26-21(23)24/h3-6,8,10-11H,2,7,9,12H2,1H3,(H,25,30)(H,27,28)(H4,23,24,26). The Morgan fingerprint density at radius 2 is 1.87 bits per heavy atom. The first-order chi connectivity index (χ1) is 14.8. The van der Waals surface area contributed by atoms with Gasteiger partial charge in [-0.1, -0.05) is 35.0 Å². The lowest BCUT2D eigenvalue weighted by atomic mass is 10.0. The Labute approximate surface area is 188 Å². The zero-order valence-corrected chi connectivity index (χ0v) is 18.6. The lowest BCUT2D eigenvalue weighted by Crippen LogP contribution is -2.38. The summed E-state index contributed by atoms with van der Waals surface area (Å²) >= 11 is 3.43. The summed E-state index contributed by atoms with van der Waals surface area (Å²) in [6.07, 6.45) is 1.45. The van der Waals surface area contributed by atoms with Crippen molar-refractivity contribution in [2.45, 2.75) is 26.2 Å². The first-order valence-corrected chi connectivity index (χ1v) is 10.3. The maximum absolute atomic E-state index is 12.2. The third-order valence-corrected chi connectivity index (χ3v) is 4.70. The fourth-order valence-electron chi connectivity index (χ4n) is 2.73. The van der Waals surface area contributed by atoms with Crippen molar-refractivity contribution >= 4 is 45.4 Å². The largest absolute Gasteiger partial charge is 0.370 e. The number of hydrogen-bond acceptors (Lipinski definition) is 5. The van der Waals surface area contributed by atoms with Crippen molar-refractivity contribution in [2.75, 3.05) is 6.54 Å². The van der Waals surface area contributed by atoms with Gasteiger partial charge < -0.3 is 21.6 Å². The number of guanidine groups is 1. The van der Waals surface area contributed by atoms with E-state index in [0.717, 1.165) is 22.0 Å². The van der Waals surface area contributed by atoms with E-state index in [0.29, 0.717) is 12.1 Å². The number of hydroxylamine groups is 1. The van der Waals surface area contributed by atoms with Crippen molar-refractivity contribution in [3.63, 3.8) is 0 Å². The number of carbonyl (C=O) groups excluding carboxylic acids is 3. The zero-order chi connectivity index (χ0) is 22.8. The van der Waals surface area contributed by atoms with Crippen molar-refractivity contribution in [1.29, 1.82) is 0 Å². The Morgan fingerprint density at radius 1 is 1.10 bits per heavy atom. The van der Waals surface area contributed by atoms with Gasteiger partial charge in [-0.05, 0) is 54.3 Å². The number of aliphatic imine (C=N–C) groups is 1. The van der Waals surface area contributed by atoms with Gasteiger partial charge in [-0.25, -0.2) is 9.79 Å². The Kier molecular flexibility index (Phi) is 9.01. The van der Waals surface area contributed by atoms with Gasteiger partial charge in [0.1, 0.15) is 0 Å². The number of nitrogens with zero attached hydrogens (tertiary/aromatic N) is 1. The molecule has 0 unspecified atom stereocenters. The minimum Gasteiger partial charge on any atom is -0.370 e. The van der Waals surface area contributed by atoms with Crippen LogP contribution in [0.2, 0.25) is 0 Å². The van der Waals surface area contributed by atoms with Crippen LogP contribution in [-0.4, -0.2) is 30.3 Å². The van der Waals surface area contributed by atoms with Gasteiger partial charge in [0.05, 0.1) is 18.7 Å². The summed E-state index contributed by atoms with van der Waals surface area (Å²) in [4.78, 5) is 44.5. The molecule has 2 aromatic carbocycles. The predicted octanol–water partition coefficient (Wildman–Crippen LogP) is 1.85. The number of hydrogen-bond donors (Lipinski definition) is 4. The number of rotatable bonds is 8. The van der Waals surface area contributed by atoms with Gasteiger partial charge in [0, 0.05) is 10.0 Å². The molecule has 0 bridgehead atoms. The summed E-state index contributed by atoms with van der Waals surface area (Å²) in [5.74, 6) is -1.88. The highest BCUT2D eigenvalue weighted by Gasteiger charge is 2.12. The molecule has 0 atom stereocenters. The molecule has 0 aromatic heterocycles. The Morgan fingerprint density at radius 3 is 2.58 bits per heavy atom. The molecule has 164 valence electrons. The van der Waals surface area contributed by atoms with E-state index in [9.17, 15) is 14.4 Å². The second-order valence-corrected chi connectivity index (χ2v) is 7.45. The van der Waals surface area contributed by atoms with E-state index in [1.165, 1.54) is 6.07 Å². The maximum Gasteiger partial charge on any atom is 0.332 e. The van der Waals surface area contributed by atoms with Gasteiger partial charge in [0.15, 0.2) is 5.96 Å². The van der Waals surface area contributed by atoms with Crippen LogP contribution in [0, 0.1) is 0 Å². The topological polar surface area (TPSA) is 149 Å². The molecule has 0 aliphatic heterocycles. The second-order valence-electron chi connectivity index (χ2n) is 6.54. The van der Waals surface area contributed by atoms with E-state index in [-0.39, 0.29) is 24.5 Å². The van der Waals surface area contributed by atoms with Crippen LogP contribution < -0.4 is 22.3 Å². The van der Waals surface area contributed by atoms with Crippen LogP contribution in [0.1, 0.15) is 34.8 Å². The molecular formula is C21H24BrN5O4. The van der Waals surface area contributed by atoms with Gasteiger partial charge in [0.25, 0.3) is 11.8 Å². The Hall–Kier alpha value is -3.40. The fourth-order valence-corrected chi connectivity index (χ4v) is 3.14. The molecule has 10 heteroatoms. The van der Waals surface area contributed by atoms with Gasteiger partial charge >= 0.3 is 5.97 Å². The van der Waals surface area contributed by atoms with Gasteiger partial charge in [-0.15, -0.1) is 0 Å². The lowest BCUT2D eigenvalue weighted by molar-refractivity contribution is -0.157. The summed E-state index contributed by atoms with van der Waals surface area (Å²) in [5, 5.41) is 2.42. The van der Waals surface area contributed by atoms with Crippen LogP contribution in [0.15, 0.2) is 51.9 Å². The summed E-state index contributed by atoms with van der Waals surface area (Å²) in [6, 6.07) is 12.1. The first kappa shape index (κ1) is 23.9. The number of halogens is 1. The molecule has 0 saturated heterocycles. The fraction of sp³-hybridized carbons (Fsp3) is 0.238. The van der Waals surface area contributed by atoms with Crippen LogP contribution in [0.25, 0.3) is 0 Å². The lowest BCUT2D eigenvalue weighted by Gasteiger charge is -2.09. The van der Waals surface area contributed by atoms with Gasteiger partial charge in [-0.3, -0.25) is 9.59 Å². The van der Waals surface area contributed by atoms with E-state index in [1.807, 2.05) is 30.6 Å². The van der Waals surface area contributed by atoms with Crippen molar-refractivity contribution < 1.29 is 19.2 Å². The quantitative estimate of drug-likeness (QED) is 0.252. The van der Waals surface area contributed by atoms with Gasteiger partial charge in [-0.2, -0.15) is 5.48 Å². The van der Waals surface area contributed by atoms with Crippen LogP contribution in [0.5, 0.6) is 0 Å². The molecule has 0 aliphatic carbocycles. The van der Waals surface area contributed by atoms with E-state index in [2.05, 4.69) is 26.2 Å². The van der Waals surface area contributed by atoms with Crippen LogP contribution in [0.3, 0.4) is 0 Å². The number of nitrogens with one attached hydrogen (secondary N) is 2. The summed E-state index contributed by atoms with van der Waals surface area (Å²) < 4.78 is 0.980. The molecule has 2 aromatic rings. The van der Waals surface area contributed by atoms with Gasteiger partial charge in [0.2, 0.25) is 0 Å². The maximum atomic E-state index is 12.2. The molecule has 6 N–H and O–H groups in total. The third-order valence-electron chi connectivity index (χ3n) is 4.20. The minimum absolute atomic E-state index is 0.110. The monoisotopic (exact) mass is 489 g/mol. The highest BCUT2D eigenvalue weighted by Crippen LogP contribution is 2.18. The first-order valence-electron chi connectivity index (χ1n) is 9.52. The highest BCUT2D eigenvalue weighted by molar-refractivity contribution is 9.10. The molecule has 31 heavy (non-hydrogen) atoms. The number of amides is 2. The smallest absolute Gasteiger partial charge is 0.332 e. The molecule has 0 radical (unpaired) electrons. The van der Waals surface area contributed by atoms with E-state index >= 15 is 0 Å². The normalized spacial score (nSPS) is 10.1. The highest BCUT2D eigenvalue weighted by atomic mass is 79.9. The SMILES string of the molecule is CCc1cc(Br)ccc1CCC(=O)ONC(=O)CNC(=O)c1cccc(N=C(N)N)c1. The van der Waals surface area contributed by atoms with Crippen molar-refractivity contribution in [3.8, 4) is 0 Å². The molecule has 9 nitrogen and oxygen atoms in total. The zero-order valence-electron chi connectivity index (χ0n) is 17.0. The van der Waals surface area contributed by atoms with Crippen molar-refractivity contribution in [1.82, 2.24) is 10.8 Å². The molecule has 0 fully saturated rings. The van der Waals surface area contributed by atoms with Crippen LogP contribution in [0.4, 0.5) is 5.69 Å². The summed E-state index contributed by atoms with van der Waals surface area (Å²) in [6.45, 7) is 1.67. The second kappa shape index (κ2) is 11.7. The number of aryl methyl sites for hydroxylation is 2. The van der Waals surface area contributed by atoms with Crippen LogP contribution >= 0.6 is 15.9 Å². The average Bonchev–Trinajstić information content (AvgIpc) is 2.74. The number of benzene rings is 2. The average molecular weight is 490 g/mol. The number of nitrogens with two attached hydrogens (primary N) is 2. The van der Waals surface area contributed by atoms with E-state index in [4.69, 9.17) is 16.3 Å². The third kappa shape index (κ3) is 8.09. The molecule has 0 aliphatic rings. The predicted molar refractivity (Wildman–Crippen MR) is 120 cm³/mol. The molecule has 0 saturated carbocycles. The van der Waals surface area contributed by atoms with E-state index < -0.39 is 17.8 Å². The van der Waals surface area contributed by atoms with Crippen molar-refractivity contribution in [2.24, 2.45) is 16.5 Å². The molecule has 0 spiro atoms. The summed E-state index contributed by atoms with van der Waals surface area (Å²) in [5.41, 5.74) is 15.5. The summed E-state index contributed by atoms with van der Waals surface area (Å²) in [7, 11) is 0. The van der Waals surface area contributed by atoms with E-state index in [1.54, 1.807) is 18.2 Å². The Bertz CT molecular complexity index is 989. The molecule has 0 heterocycles. The van der Waals surface area contributed by atoms with Crippen molar-refractivity contribution in [3.05, 3.63) is 63.6 Å². The molecule has 2 amide bonds. The minimum atomic E-state index is -0.667. The Balaban J connectivity index is 1.76. The van der Waals surface area contributed by atoms with Crippen LogP contribution in [-0.2, 0) is 27.3 Å². The molecule has 2 rings (SSSR count). The molecular weight excluding hydrogens is 466 g/mol. The number of carbonyl (C=O) groups is 3.